The smallest absolute Gasteiger partial charge is 0.328 e. The van der Waals surface area contributed by atoms with E-state index in [1.165, 1.54) is 0 Å². The molecule has 7 atom stereocenters. The Morgan fingerprint density at radius 2 is 0.655 bits per heavy atom. The van der Waals surface area contributed by atoms with Gasteiger partial charge in [-0.15, -0.1) is 0 Å². The molecular formula is C28H41N7O20. The number of nitrogens with two attached hydrogens (primary N) is 1. The van der Waals surface area contributed by atoms with Crippen LogP contribution >= 0.6 is 0 Å². The van der Waals surface area contributed by atoms with Crippen LogP contribution in [-0.2, 0) is 57.5 Å². The van der Waals surface area contributed by atoms with E-state index in [2.05, 4.69) is 0 Å². The highest BCUT2D eigenvalue weighted by molar-refractivity contribution is 5.99. The topological polar surface area (TPSA) is 465 Å². The van der Waals surface area contributed by atoms with E-state index in [4.69, 9.17) is 26.2 Å². The Morgan fingerprint density at radius 1 is 0.382 bits per heavy atom. The SMILES string of the molecule is N[C@@H](CO)C(=O)N[C@@H](CC(=O)O)C(=O)N[C@@H](CC(=O)O)C(=O)N[C@@H](CCC(=O)O)C(=O)N[C@@H](CC(=O)O)C(=O)N[C@@H](CCC(=O)O)C(=O)N[C@@H](CO)C(=O)O. The van der Waals surface area contributed by atoms with Gasteiger partial charge < -0.3 is 78.5 Å². The van der Waals surface area contributed by atoms with E-state index in [9.17, 15) is 78.0 Å². The number of aliphatic carboxylic acids is 6. The van der Waals surface area contributed by atoms with Gasteiger partial charge in [-0.25, -0.2) is 4.79 Å². The molecule has 0 spiro atoms. The van der Waals surface area contributed by atoms with Crippen LogP contribution in [0.1, 0.15) is 44.9 Å². The summed E-state index contributed by atoms with van der Waals surface area (Å²) in [4.78, 5) is 145. The molecule has 0 aliphatic rings. The molecule has 0 bridgehead atoms. The Labute approximate surface area is 308 Å². The fourth-order valence-corrected chi connectivity index (χ4v) is 4.13. The minimum absolute atomic E-state index is 0.725. The molecule has 0 aromatic rings. The van der Waals surface area contributed by atoms with Gasteiger partial charge in [-0.2, -0.15) is 0 Å². The predicted molar refractivity (Wildman–Crippen MR) is 172 cm³/mol. The van der Waals surface area contributed by atoms with Crippen molar-refractivity contribution in [3.05, 3.63) is 0 Å². The molecule has 0 aromatic carbocycles. The summed E-state index contributed by atoms with van der Waals surface area (Å²) >= 11 is 0. The van der Waals surface area contributed by atoms with E-state index in [0.29, 0.717) is 0 Å². The Morgan fingerprint density at radius 3 is 0.909 bits per heavy atom. The number of aliphatic hydroxyl groups is 2. The van der Waals surface area contributed by atoms with Crippen LogP contribution < -0.4 is 37.6 Å². The van der Waals surface area contributed by atoms with Crippen LogP contribution in [0.4, 0.5) is 0 Å². The summed E-state index contributed by atoms with van der Waals surface area (Å²) in [5.74, 6) is -18.6. The number of carboxylic acids is 6. The van der Waals surface area contributed by atoms with E-state index >= 15 is 0 Å². The van der Waals surface area contributed by atoms with E-state index in [-0.39, 0.29) is 0 Å². The quantitative estimate of drug-likeness (QED) is 0.0367. The van der Waals surface area contributed by atoms with Crippen molar-refractivity contribution in [1.29, 1.82) is 0 Å². The van der Waals surface area contributed by atoms with Crippen LogP contribution in [0.15, 0.2) is 0 Å². The Kier molecular flexibility index (Phi) is 21.1. The lowest BCUT2D eigenvalue weighted by atomic mass is 10.1. The van der Waals surface area contributed by atoms with Crippen LogP contribution in [0, 0.1) is 0 Å². The van der Waals surface area contributed by atoms with Gasteiger partial charge in [0.1, 0.15) is 42.3 Å². The summed E-state index contributed by atoms with van der Waals surface area (Å²) in [7, 11) is 0. The number of carbonyl (C=O) groups excluding carboxylic acids is 6. The van der Waals surface area contributed by atoms with Crippen molar-refractivity contribution in [3.63, 3.8) is 0 Å². The van der Waals surface area contributed by atoms with Crippen molar-refractivity contribution in [2.24, 2.45) is 5.73 Å². The fraction of sp³-hybridized carbons (Fsp3) is 0.571. The van der Waals surface area contributed by atoms with Gasteiger partial charge in [-0.05, 0) is 12.8 Å². The maximum absolute atomic E-state index is 13.3. The Hall–Kier alpha value is -6.48. The van der Waals surface area contributed by atoms with Crippen molar-refractivity contribution < 1.29 is 98.4 Å². The number of hydrogen-bond acceptors (Lipinski definition) is 15. The molecule has 0 aliphatic carbocycles. The van der Waals surface area contributed by atoms with Gasteiger partial charge in [0, 0.05) is 12.8 Å². The molecule has 55 heavy (non-hydrogen) atoms. The second kappa shape index (κ2) is 24.0. The molecule has 0 saturated heterocycles. The minimum atomic E-state index is -2.18. The van der Waals surface area contributed by atoms with Gasteiger partial charge in [0.2, 0.25) is 35.4 Å². The average Bonchev–Trinajstić information content (AvgIpc) is 3.07. The van der Waals surface area contributed by atoms with E-state index in [1.807, 2.05) is 31.9 Å². The molecule has 0 saturated carbocycles. The van der Waals surface area contributed by atoms with E-state index < -0.39 is 172 Å². The third-order valence-corrected chi connectivity index (χ3v) is 6.93. The van der Waals surface area contributed by atoms with Gasteiger partial charge in [-0.3, -0.25) is 52.7 Å². The molecule has 0 radical (unpaired) electrons. The summed E-state index contributed by atoms with van der Waals surface area (Å²) in [5, 5.41) is 84.7. The maximum atomic E-state index is 13.3. The van der Waals surface area contributed by atoms with Crippen LogP contribution in [0.5, 0.6) is 0 Å². The highest BCUT2D eigenvalue weighted by Crippen LogP contribution is 2.07. The predicted octanol–water partition coefficient (Wildman–Crippen LogP) is -7.55. The zero-order chi connectivity index (χ0) is 42.6. The van der Waals surface area contributed by atoms with Crippen molar-refractivity contribution >= 4 is 71.3 Å². The second-order valence-electron chi connectivity index (χ2n) is 11.3. The second-order valence-corrected chi connectivity index (χ2v) is 11.3. The summed E-state index contributed by atoms with van der Waals surface area (Å²) in [5.41, 5.74) is 5.33. The molecule has 0 aliphatic heterocycles. The summed E-state index contributed by atoms with van der Waals surface area (Å²) in [6.45, 7) is -2.08. The minimum Gasteiger partial charge on any atom is -0.481 e. The lowest BCUT2D eigenvalue weighted by Gasteiger charge is -2.26. The molecule has 0 rings (SSSR count). The zero-order valence-electron chi connectivity index (χ0n) is 28.5. The van der Waals surface area contributed by atoms with Gasteiger partial charge >= 0.3 is 35.8 Å². The molecule has 16 N–H and O–H groups in total. The van der Waals surface area contributed by atoms with Crippen LogP contribution in [0.2, 0.25) is 0 Å². The Bertz CT molecular complexity index is 1490. The number of hydrogen-bond donors (Lipinski definition) is 15. The molecule has 6 amide bonds. The van der Waals surface area contributed by atoms with Gasteiger partial charge in [0.05, 0.1) is 32.5 Å². The Balaban J connectivity index is 6.45. The highest BCUT2D eigenvalue weighted by atomic mass is 16.4. The first-order chi connectivity index (χ1) is 25.5. The van der Waals surface area contributed by atoms with E-state index in [0.717, 1.165) is 0 Å². The summed E-state index contributed by atoms with van der Waals surface area (Å²) in [6.07, 6.45) is -6.96. The molecule has 27 heteroatoms. The standard InChI is InChI=1S/C28H41N7O20/c29-10(8-36)22(48)32-13(5-19(42)43)27(53)34-15(7-21(46)47)26(52)30-11(1-3-17(38)39)23(49)33-14(6-20(44)45)25(51)31-12(2-4-18(40)41)24(50)35-16(9-37)28(54)55/h10-16,36-37H,1-9,29H2,(H,30,52)(H,31,51)(H,32,48)(H,33,49)(H,34,53)(H,35,50)(H,38,39)(H,40,41)(H,42,43)(H,44,45)(H,46,47)(H,54,55)/t10-,11-,12-,13-,14-,15-,16-/m0/s1. The van der Waals surface area contributed by atoms with Gasteiger partial charge in [0.25, 0.3) is 0 Å². The number of nitrogens with one attached hydrogen (secondary N) is 6. The first kappa shape index (κ1) is 48.5. The molecule has 0 aromatic heterocycles. The number of aliphatic hydroxyl groups excluding tert-OH is 2. The van der Waals surface area contributed by atoms with Crippen LogP contribution in [0.25, 0.3) is 0 Å². The van der Waals surface area contributed by atoms with Crippen LogP contribution in [-0.4, -0.2) is 168 Å². The summed E-state index contributed by atoms with van der Waals surface area (Å²) in [6, 6.07) is -13.9. The zero-order valence-corrected chi connectivity index (χ0v) is 28.5. The lowest BCUT2D eigenvalue weighted by Crippen LogP contribution is -2.60. The van der Waals surface area contributed by atoms with Crippen molar-refractivity contribution in [3.8, 4) is 0 Å². The average molecular weight is 796 g/mol. The van der Waals surface area contributed by atoms with Gasteiger partial charge in [0.15, 0.2) is 0 Å². The van der Waals surface area contributed by atoms with Gasteiger partial charge in [-0.1, -0.05) is 0 Å². The maximum Gasteiger partial charge on any atom is 0.328 e. The molecule has 0 heterocycles. The molecule has 0 fully saturated rings. The van der Waals surface area contributed by atoms with Crippen LogP contribution in [0.3, 0.4) is 0 Å². The molecular weight excluding hydrogens is 754 g/mol. The highest BCUT2D eigenvalue weighted by Gasteiger charge is 2.35. The number of rotatable bonds is 27. The number of amides is 6. The molecule has 27 nitrogen and oxygen atoms in total. The fourth-order valence-electron chi connectivity index (χ4n) is 4.13. The largest absolute Gasteiger partial charge is 0.481 e. The molecule has 308 valence electrons. The van der Waals surface area contributed by atoms with E-state index in [1.54, 1.807) is 0 Å². The number of carbonyl (C=O) groups is 12. The third-order valence-electron chi connectivity index (χ3n) is 6.93. The normalized spacial score (nSPS) is 14.5. The van der Waals surface area contributed by atoms with Crippen molar-refractivity contribution in [1.82, 2.24) is 31.9 Å². The summed E-state index contributed by atoms with van der Waals surface area (Å²) < 4.78 is 0. The van der Waals surface area contributed by atoms with Crippen molar-refractivity contribution in [2.45, 2.75) is 87.2 Å². The first-order valence-corrected chi connectivity index (χ1v) is 15.6. The third kappa shape index (κ3) is 19.2. The lowest BCUT2D eigenvalue weighted by molar-refractivity contribution is -0.144. The monoisotopic (exact) mass is 795 g/mol. The molecule has 0 unspecified atom stereocenters. The van der Waals surface area contributed by atoms with Crippen molar-refractivity contribution in [2.75, 3.05) is 13.2 Å². The number of carboxylic acid groups (broad SMARTS) is 6. The first-order valence-electron chi connectivity index (χ1n) is 15.6.